The van der Waals surface area contributed by atoms with Crippen LogP contribution in [0.3, 0.4) is 0 Å². The second-order valence-corrected chi connectivity index (χ2v) is 7.51. The van der Waals surface area contributed by atoms with Gasteiger partial charge in [0.15, 0.2) is 0 Å². The molecular weight excluding hydrogens is 384 g/mol. The van der Waals surface area contributed by atoms with E-state index in [2.05, 4.69) is 4.72 Å². The number of benzene rings is 2. The van der Waals surface area contributed by atoms with Gasteiger partial charge in [-0.3, -0.25) is 10.1 Å². The molecule has 2 aromatic rings. The Morgan fingerprint density at radius 3 is 2.58 bits per heavy atom. The Morgan fingerprint density at radius 2 is 1.96 bits per heavy atom. The van der Waals surface area contributed by atoms with Crippen molar-refractivity contribution in [3.8, 4) is 0 Å². The minimum Gasteiger partial charge on any atom is -0.454 e. The number of non-ortho nitro benzene ring substituents is 1. The monoisotopic (exact) mass is 398 g/mol. The fraction of sp³-hybridized carbons (Fsp3) is 0.188. The first-order chi connectivity index (χ1) is 12.2. The molecule has 1 atom stereocenters. The minimum atomic E-state index is -3.85. The van der Waals surface area contributed by atoms with Gasteiger partial charge in [-0.25, -0.2) is 17.9 Å². The van der Waals surface area contributed by atoms with E-state index in [1.165, 1.54) is 37.4 Å². The molecule has 26 heavy (non-hydrogen) atoms. The van der Waals surface area contributed by atoms with Crippen LogP contribution in [0, 0.1) is 10.1 Å². The Bertz CT molecular complexity index is 961. The Hall–Kier alpha value is -2.49. The van der Waals surface area contributed by atoms with Crippen LogP contribution in [-0.4, -0.2) is 26.4 Å². The van der Waals surface area contributed by atoms with E-state index >= 15 is 0 Å². The maximum absolute atomic E-state index is 12.3. The van der Waals surface area contributed by atoms with Gasteiger partial charge >= 0.3 is 5.97 Å². The number of nitrogens with one attached hydrogen (secondary N) is 1. The van der Waals surface area contributed by atoms with E-state index in [1.807, 2.05) is 0 Å². The van der Waals surface area contributed by atoms with Crippen LogP contribution in [-0.2, 0) is 14.8 Å². The summed E-state index contributed by atoms with van der Waals surface area (Å²) >= 11 is 5.88. The molecule has 10 heteroatoms. The Labute approximate surface area is 154 Å². The Kier molecular flexibility index (Phi) is 5.96. The summed E-state index contributed by atoms with van der Waals surface area (Å²) < 4.78 is 31.3. The number of sulfonamides is 1. The first-order valence-corrected chi connectivity index (χ1v) is 9.20. The van der Waals surface area contributed by atoms with Crippen LogP contribution in [0.15, 0.2) is 47.4 Å². The molecule has 0 saturated carbocycles. The highest BCUT2D eigenvalue weighted by Crippen LogP contribution is 2.26. The molecule has 0 fully saturated rings. The number of nitro groups is 1. The highest BCUT2D eigenvalue weighted by Gasteiger charge is 2.21. The first kappa shape index (κ1) is 19.8. The van der Waals surface area contributed by atoms with Crippen LogP contribution >= 0.6 is 11.6 Å². The minimum absolute atomic E-state index is 0.0134. The zero-order valence-corrected chi connectivity index (χ0v) is 15.4. The van der Waals surface area contributed by atoms with E-state index in [1.54, 1.807) is 13.0 Å². The predicted molar refractivity (Wildman–Crippen MR) is 94.6 cm³/mol. The van der Waals surface area contributed by atoms with Crippen LogP contribution in [0.4, 0.5) is 5.69 Å². The van der Waals surface area contributed by atoms with Crippen molar-refractivity contribution in [3.63, 3.8) is 0 Å². The molecule has 0 radical (unpaired) electrons. The molecule has 0 bridgehead atoms. The van der Waals surface area contributed by atoms with Gasteiger partial charge < -0.3 is 4.74 Å². The number of hydrogen-bond donors (Lipinski definition) is 1. The van der Waals surface area contributed by atoms with Crippen molar-refractivity contribution in [1.29, 1.82) is 0 Å². The molecule has 0 aliphatic rings. The van der Waals surface area contributed by atoms with E-state index in [9.17, 15) is 23.3 Å². The van der Waals surface area contributed by atoms with Crippen molar-refractivity contribution >= 4 is 33.3 Å². The first-order valence-electron chi connectivity index (χ1n) is 7.34. The molecule has 0 aliphatic carbocycles. The molecule has 0 aromatic heterocycles. The number of nitrogens with zero attached hydrogens (tertiary/aromatic N) is 1. The molecule has 1 N–H and O–H groups in total. The maximum Gasteiger partial charge on any atom is 0.338 e. The largest absolute Gasteiger partial charge is 0.454 e. The van der Waals surface area contributed by atoms with E-state index < -0.39 is 27.0 Å². The van der Waals surface area contributed by atoms with E-state index in [0.717, 1.165) is 6.07 Å². The normalized spacial score (nSPS) is 12.4. The van der Waals surface area contributed by atoms with Crippen LogP contribution in [0.25, 0.3) is 0 Å². The maximum atomic E-state index is 12.3. The van der Waals surface area contributed by atoms with Crippen molar-refractivity contribution in [2.24, 2.45) is 0 Å². The number of carbonyl (C=O) groups excluding carboxylic acids is 1. The summed E-state index contributed by atoms with van der Waals surface area (Å²) in [6, 6.07) is 9.42. The van der Waals surface area contributed by atoms with Crippen LogP contribution in [0.1, 0.15) is 28.9 Å². The van der Waals surface area contributed by atoms with Gasteiger partial charge in [0.1, 0.15) is 11.0 Å². The van der Waals surface area contributed by atoms with E-state index in [4.69, 9.17) is 16.3 Å². The molecule has 8 nitrogen and oxygen atoms in total. The number of halogens is 1. The van der Waals surface area contributed by atoms with Gasteiger partial charge in [0.25, 0.3) is 5.69 Å². The Morgan fingerprint density at radius 1 is 1.27 bits per heavy atom. The van der Waals surface area contributed by atoms with Gasteiger partial charge in [0.2, 0.25) is 10.0 Å². The van der Waals surface area contributed by atoms with Crippen molar-refractivity contribution in [1.82, 2.24) is 4.72 Å². The summed E-state index contributed by atoms with van der Waals surface area (Å²) in [5.74, 6) is -0.784. The third kappa shape index (κ3) is 4.37. The number of esters is 1. The summed E-state index contributed by atoms with van der Waals surface area (Å²) in [7, 11) is -2.62. The van der Waals surface area contributed by atoms with Gasteiger partial charge in [-0.15, -0.1) is 0 Å². The lowest BCUT2D eigenvalue weighted by atomic mass is 10.1. The lowest BCUT2D eigenvalue weighted by Crippen LogP contribution is -2.19. The number of rotatable bonds is 6. The zero-order valence-electron chi connectivity index (χ0n) is 13.8. The lowest BCUT2D eigenvalue weighted by molar-refractivity contribution is -0.385. The smallest absolute Gasteiger partial charge is 0.338 e. The molecule has 2 rings (SSSR count). The lowest BCUT2D eigenvalue weighted by Gasteiger charge is -2.14. The van der Waals surface area contributed by atoms with Crippen molar-refractivity contribution < 1.29 is 22.9 Å². The summed E-state index contributed by atoms with van der Waals surface area (Å²) in [4.78, 5) is 22.3. The summed E-state index contributed by atoms with van der Waals surface area (Å²) in [6.45, 7) is 1.55. The van der Waals surface area contributed by atoms with Crippen LogP contribution in [0.5, 0.6) is 0 Å². The highest BCUT2D eigenvalue weighted by atomic mass is 35.5. The van der Waals surface area contributed by atoms with Crippen molar-refractivity contribution in [2.75, 3.05) is 7.05 Å². The topological polar surface area (TPSA) is 116 Å². The van der Waals surface area contributed by atoms with E-state index in [0.29, 0.717) is 5.56 Å². The SMILES string of the molecule is CNS(=O)(=O)c1cc(C(=O)O[C@@H](C)c2cccc([N+](=O)[O-])c2)ccc1Cl. The zero-order chi connectivity index (χ0) is 19.5. The molecule has 0 saturated heterocycles. The standard InChI is InChI=1S/C16H15ClN2O6S/c1-10(11-4-3-5-13(8-11)19(21)22)25-16(20)12-6-7-14(17)15(9-12)26(23,24)18-2/h3-10,18H,1-2H3/t10-/m0/s1. The van der Waals surface area contributed by atoms with Crippen molar-refractivity contribution in [2.45, 2.75) is 17.9 Å². The van der Waals surface area contributed by atoms with Crippen LogP contribution < -0.4 is 4.72 Å². The Balaban J connectivity index is 2.26. The molecule has 138 valence electrons. The second-order valence-electron chi connectivity index (χ2n) is 5.25. The van der Waals surface area contributed by atoms with E-state index in [-0.39, 0.29) is 21.2 Å². The predicted octanol–water partition coefficient (Wildman–Crippen LogP) is 3.07. The summed E-state index contributed by atoms with van der Waals surface area (Å²) in [6.07, 6.45) is -0.776. The van der Waals surface area contributed by atoms with Crippen molar-refractivity contribution in [3.05, 3.63) is 68.7 Å². The quantitative estimate of drug-likeness (QED) is 0.454. The molecule has 2 aromatic carbocycles. The van der Waals surface area contributed by atoms with Crippen LogP contribution in [0.2, 0.25) is 5.02 Å². The second kappa shape index (κ2) is 7.81. The molecule has 0 amide bonds. The number of nitro benzene ring substituents is 1. The highest BCUT2D eigenvalue weighted by molar-refractivity contribution is 7.89. The summed E-state index contributed by atoms with van der Waals surface area (Å²) in [5, 5.41) is 10.8. The molecular formula is C16H15ClN2O6S. The van der Waals surface area contributed by atoms with Gasteiger partial charge in [0.05, 0.1) is 15.5 Å². The summed E-state index contributed by atoms with van der Waals surface area (Å²) in [5.41, 5.74) is 0.296. The fourth-order valence-electron chi connectivity index (χ4n) is 2.13. The van der Waals surface area contributed by atoms with Gasteiger partial charge in [0, 0.05) is 12.1 Å². The third-order valence-corrected chi connectivity index (χ3v) is 5.46. The molecule has 0 unspecified atom stereocenters. The van der Waals surface area contributed by atoms with Gasteiger partial charge in [-0.2, -0.15) is 0 Å². The molecule has 0 spiro atoms. The molecule has 0 aliphatic heterocycles. The number of carbonyl (C=O) groups is 1. The average Bonchev–Trinajstić information content (AvgIpc) is 2.61. The van der Waals surface area contributed by atoms with Gasteiger partial charge in [-0.05, 0) is 37.7 Å². The average molecular weight is 399 g/mol. The number of hydrogen-bond acceptors (Lipinski definition) is 6. The number of ether oxygens (including phenoxy) is 1. The molecule has 0 heterocycles. The van der Waals surface area contributed by atoms with Gasteiger partial charge in [-0.1, -0.05) is 23.7 Å². The third-order valence-electron chi connectivity index (χ3n) is 3.56. The fourth-order valence-corrected chi connectivity index (χ4v) is 3.38.